The zero-order valence-corrected chi connectivity index (χ0v) is 19.9. The van der Waals surface area contributed by atoms with Crippen molar-refractivity contribution in [2.24, 2.45) is 17.8 Å². The molecule has 1 aliphatic carbocycles. The number of benzene rings is 1. The van der Waals surface area contributed by atoms with Gasteiger partial charge in [0.1, 0.15) is 5.82 Å². The van der Waals surface area contributed by atoms with Gasteiger partial charge in [0.15, 0.2) is 0 Å². The number of hydrogen-bond donors (Lipinski definition) is 2. The van der Waals surface area contributed by atoms with Crippen LogP contribution in [0.3, 0.4) is 0 Å². The maximum Gasteiger partial charge on any atom is 0.407 e. The lowest BCUT2D eigenvalue weighted by Crippen LogP contribution is -2.65. The van der Waals surface area contributed by atoms with E-state index in [1.807, 2.05) is 6.07 Å². The number of methoxy groups -OCH3 is 1. The third kappa shape index (κ3) is 4.40. The van der Waals surface area contributed by atoms with Gasteiger partial charge in [0.05, 0.1) is 12.6 Å². The van der Waals surface area contributed by atoms with Crippen molar-refractivity contribution >= 4 is 6.09 Å². The van der Waals surface area contributed by atoms with Crippen molar-refractivity contribution in [2.75, 3.05) is 52.9 Å². The molecular weight excluding hydrogens is 419 g/mol. The summed E-state index contributed by atoms with van der Waals surface area (Å²) in [6, 6.07) is 7.40. The van der Waals surface area contributed by atoms with Gasteiger partial charge in [-0.2, -0.15) is 0 Å². The number of piperidine rings is 1. The molecule has 182 valence electrons. The molecule has 0 radical (unpaired) electrons. The van der Waals surface area contributed by atoms with Crippen molar-refractivity contribution < 1.29 is 13.9 Å². The van der Waals surface area contributed by atoms with Gasteiger partial charge in [-0.25, -0.2) is 9.18 Å². The topological polar surface area (TPSA) is 56.8 Å². The minimum atomic E-state index is -0.354. The second kappa shape index (κ2) is 9.88. The van der Waals surface area contributed by atoms with E-state index >= 15 is 0 Å². The summed E-state index contributed by atoms with van der Waals surface area (Å²) < 4.78 is 19.6. The van der Waals surface area contributed by atoms with Gasteiger partial charge >= 0.3 is 6.09 Å². The molecule has 1 saturated carbocycles. The van der Waals surface area contributed by atoms with Gasteiger partial charge in [-0.15, -0.1) is 0 Å². The van der Waals surface area contributed by atoms with Gasteiger partial charge in [-0.1, -0.05) is 18.6 Å². The molecular formula is C26H39FN4O2. The average Bonchev–Trinajstić information content (AvgIpc) is 3.22. The zero-order valence-electron chi connectivity index (χ0n) is 19.9. The highest BCUT2D eigenvalue weighted by atomic mass is 19.1. The molecule has 4 fully saturated rings. The first-order valence-electron chi connectivity index (χ1n) is 12.9. The van der Waals surface area contributed by atoms with Crippen LogP contribution in [0.25, 0.3) is 0 Å². The number of carbonyl (C=O) groups excluding carboxylic acids is 1. The molecule has 4 aliphatic rings. The zero-order chi connectivity index (χ0) is 22.8. The summed E-state index contributed by atoms with van der Waals surface area (Å²) in [7, 11) is 1.43. The van der Waals surface area contributed by atoms with Gasteiger partial charge < -0.3 is 20.3 Å². The van der Waals surface area contributed by atoms with Crippen molar-refractivity contribution in [2.45, 2.75) is 50.1 Å². The Hall–Kier alpha value is -1.70. The number of alkyl carbamates (subject to hydrolysis) is 1. The fraction of sp³-hybridized carbons (Fsp3) is 0.731. The standard InChI is InChI=1S/C26H39FN4O2/c1-33-25(32)29-24-8-3-7-23(24)26(31-11-4-12-31,21-5-2-6-22(27)15-21)20-9-13-30(14-10-20)18-19-16-28-17-19/h2,5-6,15,19-20,23-24,28H,3-4,7-14,16-18H2,1H3,(H,29,32). The molecule has 3 unspecified atom stereocenters. The van der Waals surface area contributed by atoms with Gasteiger partial charge in [0.2, 0.25) is 0 Å². The molecule has 3 heterocycles. The molecule has 7 heteroatoms. The lowest BCUT2D eigenvalue weighted by Gasteiger charge is -2.59. The number of rotatable bonds is 7. The van der Waals surface area contributed by atoms with E-state index < -0.39 is 0 Å². The summed E-state index contributed by atoms with van der Waals surface area (Å²) in [5, 5.41) is 6.55. The Kier molecular flexibility index (Phi) is 6.91. The number of likely N-dealkylation sites (tertiary alicyclic amines) is 2. The van der Waals surface area contributed by atoms with Crippen LogP contribution in [0.5, 0.6) is 0 Å². The molecule has 0 aromatic heterocycles. The molecule has 3 saturated heterocycles. The second-order valence-corrected chi connectivity index (χ2v) is 10.6. The predicted octanol–water partition coefficient (Wildman–Crippen LogP) is 3.18. The summed E-state index contributed by atoms with van der Waals surface area (Å²) in [4.78, 5) is 17.5. The van der Waals surface area contributed by atoms with Crippen LogP contribution in [0.4, 0.5) is 9.18 Å². The highest BCUT2D eigenvalue weighted by Crippen LogP contribution is 2.53. The average molecular weight is 459 g/mol. The Morgan fingerprint density at radius 3 is 2.55 bits per heavy atom. The molecule has 33 heavy (non-hydrogen) atoms. The number of carbonyl (C=O) groups is 1. The summed E-state index contributed by atoms with van der Waals surface area (Å²) in [6.45, 7) is 7.78. The molecule has 5 rings (SSSR count). The van der Waals surface area contributed by atoms with Crippen LogP contribution in [-0.4, -0.2) is 74.9 Å². The van der Waals surface area contributed by atoms with Crippen LogP contribution in [-0.2, 0) is 10.3 Å². The maximum absolute atomic E-state index is 14.6. The van der Waals surface area contributed by atoms with E-state index in [1.54, 1.807) is 12.1 Å². The van der Waals surface area contributed by atoms with Crippen molar-refractivity contribution in [3.8, 4) is 0 Å². The minimum Gasteiger partial charge on any atom is -0.453 e. The Bertz CT molecular complexity index is 822. The molecule has 1 amide bonds. The minimum absolute atomic E-state index is 0.0559. The fourth-order valence-electron chi connectivity index (χ4n) is 7.12. The first kappa shape index (κ1) is 23.1. The first-order chi connectivity index (χ1) is 16.1. The van der Waals surface area contributed by atoms with E-state index in [0.29, 0.717) is 5.92 Å². The van der Waals surface area contributed by atoms with Crippen LogP contribution >= 0.6 is 0 Å². The van der Waals surface area contributed by atoms with Crippen molar-refractivity contribution in [1.82, 2.24) is 20.4 Å². The van der Waals surface area contributed by atoms with Crippen LogP contribution in [0.2, 0.25) is 0 Å². The molecule has 2 N–H and O–H groups in total. The predicted molar refractivity (Wildman–Crippen MR) is 126 cm³/mol. The quantitative estimate of drug-likeness (QED) is 0.657. The number of nitrogens with one attached hydrogen (secondary N) is 2. The molecule has 1 aromatic rings. The Morgan fingerprint density at radius 1 is 1.15 bits per heavy atom. The number of ether oxygens (including phenoxy) is 1. The Balaban J connectivity index is 1.48. The molecule has 1 aromatic carbocycles. The molecule has 3 atom stereocenters. The van der Waals surface area contributed by atoms with Crippen LogP contribution in [0.15, 0.2) is 24.3 Å². The third-order valence-corrected chi connectivity index (χ3v) is 8.83. The van der Waals surface area contributed by atoms with Crippen molar-refractivity contribution in [3.63, 3.8) is 0 Å². The monoisotopic (exact) mass is 458 g/mol. The van der Waals surface area contributed by atoms with Crippen molar-refractivity contribution in [3.05, 3.63) is 35.6 Å². The molecule has 3 aliphatic heterocycles. The summed E-state index contributed by atoms with van der Waals surface area (Å²) in [5.74, 6) is 1.32. The van der Waals surface area contributed by atoms with Gasteiger partial charge in [0, 0.05) is 44.7 Å². The highest BCUT2D eigenvalue weighted by Gasteiger charge is 2.56. The van der Waals surface area contributed by atoms with E-state index in [2.05, 4.69) is 26.5 Å². The molecule has 0 spiro atoms. The third-order valence-electron chi connectivity index (χ3n) is 8.83. The Labute approximate surface area is 197 Å². The lowest BCUT2D eigenvalue weighted by molar-refractivity contribution is -0.0860. The number of nitrogens with zero attached hydrogens (tertiary/aromatic N) is 2. The summed E-state index contributed by atoms with van der Waals surface area (Å²) >= 11 is 0. The van der Waals surface area contributed by atoms with Gasteiger partial charge in [-0.3, -0.25) is 4.90 Å². The van der Waals surface area contributed by atoms with E-state index in [9.17, 15) is 9.18 Å². The van der Waals surface area contributed by atoms with Gasteiger partial charge in [-0.05, 0) is 74.7 Å². The van der Waals surface area contributed by atoms with Crippen LogP contribution in [0, 0.1) is 23.6 Å². The lowest BCUT2D eigenvalue weighted by atomic mass is 9.62. The van der Waals surface area contributed by atoms with Crippen molar-refractivity contribution in [1.29, 1.82) is 0 Å². The first-order valence-corrected chi connectivity index (χ1v) is 12.9. The molecule has 6 nitrogen and oxygen atoms in total. The summed E-state index contributed by atoms with van der Waals surface area (Å²) in [6.07, 6.45) is 6.16. The maximum atomic E-state index is 14.6. The number of halogens is 1. The largest absolute Gasteiger partial charge is 0.453 e. The van der Waals surface area contributed by atoms with Crippen LogP contribution in [0.1, 0.15) is 44.1 Å². The van der Waals surface area contributed by atoms with Crippen LogP contribution < -0.4 is 10.6 Å². The number of amides is 1. The van der Waals surface area contributed by atoms with E-state index in [1.165, 1.54) is 20.1 Å². The van der Waals surface area contributed by atoms with Gasteiger partial charge in [0.25, 0.3) is 0 Å². The molecule has 0 bridgehead atoms. The normalized spacial score (nSPS) is 29.2. The smallest absolute Gasteiger partial charge is 0.407 e. The fourth-order valence-corrected chi connectivity index (χ4v) is 7.12. The Morgan fingerprint density at radius 2 is 1.94 bits per heavy atom. The SMILES string of the molecule is COC(=O)NC1CCCC1C(c1cccc(F)c1)(C1CCN(CC2CNC2)CC1)N1CCC1. The highest BCUT2D eigenvalue weighted by molar-refractivity contribution is 5.67. The van der Waals surface area contributed by atoms with E-state index in [0.717, 1.165) is 82.9 Å². The van der Waals surface area contributed by atoms with E-state index in [-0.39, 0.29) is 29.4 Å². The number of hydrogen-bond acceptors (Lipinski definition) is 5. The van der Waals surface area contributed by atoms with E-state index in [4.69, 9.17) is 4.74 Å². The summed E-state index contributed by atoms with van der Waals surface area (Å²) in [5.41, 5.74) is 0.861. The second-order valence-electron chi connectivity index (χ2n) is 10.6.